The molecule has 1 heterocycles. The summed E-state index contributed by atoms with van der Waals surface area (Å²) in [6, 6.07) is 6.76. The molecule has 0 fully saturated rings. The Balaban J connectivity index is 2.41. The SMILES string of the molecule is NC(=O)c1cc([N+](=O)[O-])cnc1Oc1cccc(O)c1. The van der Waals surface area contributed by atoms with Crippen molar-refractivity contribution < 1.29 is 19.6 Å². The van der Waals surface area contributed by atoms with E-state index in [0.29, 0.717) is 0 Å². The third-order valence-corrected chi connectivity index (χ3v) is 2.35. The topological polar surface area (TPSA) is 129 Å². The number of ether oxygens (including phenoxy) is 1. The van der Waals surface area contributed by atoms with Gasteiger partial charge in [0, 0.05) is 12.1 Å². The van der Waals surface area contributed by atoms with E-state index in [1.165, 1.54) is 24.3 Å². The molecule has 0 aliphatic rings. The minimum absolute atomic E-state index is 0.0370. The average Bonchev–Trinajstić information content (AvgIpc) is 2.38. The Hall–Kier alpha value is -3.16. The molecule has 0 spiro atoms. The highest BCUT2D eigenvalue weighted by molar-refractivity contribution is 5.95. The zero-order valence-electron chi connectivity index (χ0n) is 10.0. The lowest BCUT2D eigenvalue weighted by atomic mass is 10.2. The maximum absolute atomic E-state index is 11.3. The summed E-state index contributed by atoms with van der Waals surface area (Å²) in [5.74, 6) is -0.899. The van der Waals surface area contributed by atoms with Gasteiger partial charge in [0.25, 0.3) is 11.6 Å². The fourth-order valence-corrected chi connectivity index (χ4v) is 1.46. The fourth-order valence-electron chi connectivity index (χ4n) is 1.46. The minimum Gasteiger partial charge on any atom is -0.508 e. The zero-order valence-corrected chi connectivity index (χ0v) is 10.0. The first kappa shape index (κ1) is 13.3. The van der Waals surface area contributed by atoms with E-state index in [4.69, 9.17) is 10.5 Å². The van der Waals surface area contributed by atoms with Crippen molar-refractivity contribution in [1.82, 2.24) is 4.98 Å². The molecular formula is C12H9N3O5. The van der Waals surface area contributed by atoms with Crippen molar-refractivity contribution in [2.24, 2.45) is 5.73 Å². The number of phenols is 1. The van der Waals surface area contributed by atoms with Gasteiger partial charge in [-0.15, -0.1) is 0 Å². The second-order valence-corrected chi connectivity index (χ2v) is 3.77. The second-order valence-electron chi connectivity index (χ2n) is 3.77. The molecule has 102 valence electrons. The largest absolute Gasteiger partial charge is 0.508 e. The van der Waals surface area contributed by atoms with Crippen molar-refractivity contribution in [2.45, 2.75) is 0 Å². The normalized spacial score (nSPS) is 10.0. The van der Waals surface area contributed by atoms with Gasteiger partial charge in [0.05, 0.1) is 4.92 Å². The van der Waals surface area contributed by atoms with Gasteiger partial charge >= 0.3 is 0 Å². The number of nitrogens with zero attached hydrogens (tertiary/aromatic N) is 2. The Morgan fingerprint density at radius 3 is 2.75 bits per heavy atom. The van der Waals surface area contributed by atoms with Crippen molar-refractivity contribution in [3.05, 3.63) is 52.2 Å². The quantitative estimate of drug-likeness (QED) is 0.643. The second kappa shape index (κ2) is 5.22. The summed E-state index contributed by atoms with van der Waals surface area (Å²) in [7, 11) is 0. The van der Waals surface area contributed by atoms with E-state index in [-0.39, 0.29) is 28.6 Å². The summed E-state index contributed by atoms with van der Waals surface area (Å²) in [5, 5.41) is 19.9. The molecule has 1 aromatic carbocycles. The van der Waals surface area contributed by atoms with Crippen LogP contribution < -0.4 is 10.5 Å². The van der Waals surface area contributed by atoms with Crippen molar-refractivity contribution in [2.75, 3.05) is 0 Å². The molecule has 0 bridgehead atoms. The highest BCUT2D eigenvalue weighted by Gasteiger charge is 2.18. The first-order valence-corrected chi connectivity index (χ1v) is 5.38. The van der Waals surface area contributed by atoms with E-state index in [1.54, 1.807) is 0 Å². The molecule has 3 N–H and O–H groups in total. The van der Waals surface area contributed by atoms with Crippen LogP contribution in [0.25, 0.3) is 0 Å². The van der Waals surface area contributed by atoms with Crippen LogP contribution in [-0.2, 0) is 0 Å². The third-order valence-electron chi connectivity index (χ3n) is 2.35. The molecule has 0 atom stereocenters. The summed E-state index contributed by atoms with van der Waals surface area (Å²) in [6.45, 7) is 0. The number of carbonyl (C=O) groups is 1. The van der Waals surface area contributed by atoms with E-state index in [9.17, 15) is 20.0 Å². The molecule has 20 heavy (non-hydrogen) atoms. The van der Waals surface area contributed by atoms with Gasteiger partial charge < -0.3 is 15.6 Å². The summed E-state index contributed by atoms with van der Waals surface area (Å²) in [6.07, 6.45) is 0.949. The molecule has 0 aliphatic carbocycles. The lowest BCUT2D eigenvalue weighted by Crippen LogP contribution is -2.13. The molecule has 1 amide bonds. The van der Waals surface area contributed by atoms with Gasteiger partial charge in [-0.2, -0.15) is 0 Å². The van der Waals surface area contributed by atoms with Gasteiger partial charge in [0.15, 0.2) is 0 Å². The predicted molar refractivity (Wildman–Crippen MR) is 67.6 cm³/mol. The number of benzene rings is 1. The standard InChI is InChI=1S/C12H9N3O5/c13-11(17)10-4-7(15(18)19)6-14-12(10)20-9-3-1-2-8(16)5-9/h1-6,16H,(H2,13,17). The number of phenolic OH excluding ortho intramolecular Hbond substituents is 1. The van der Waals surface area contributed by atoms with E-state index in [2.05, 4.69) is 4.98 Å². The Kier molecular flexibility index (Phi) is 3.47. The van der Waals surface area contributed by atoms with Crippen LogP contribution >= 0.6 is 0 Å². The van der Waals surface area contributed by atoms with Gasteiger partial charge in [0.2, 0.25) is 5.88 Å². The van der Waals surface area contributed by atoms with Gasteiger partial charge in [-0.25, -0.2) is 4.98 Å². The molecule has 0 radical (unpaired) electrons. The summed E-state index contributed by atoms with van der Waals surface area (Å²) in [4.78, 5) is 24.9. The van der Waals surface area contributed by atoms with Crippen LogP contribution in [0.3, 0.4) is 0 Å². The Bertz CT molecular complexity index is 687. The van der Waals surface area contributed by atoms with E-state index in [1.807, 2.05) is 0 Å². The average molecular weight is 275 g/mol. The van der Waals surface area contributed by atoms with Crippen molar-refractivity contribution in [3.63, 3.8) is 0 Å². The number of aromatic hydroxyl groups is 1. The number of nitrogens with two attached hydrogens (primary N) is 1. The Morgan fingerprint density at radius 2 is 2.15 bits per heavy atom. The number of rotatable bonds is 4. The van der Waals surface area contributed by atoms with Crippen LogP contribution in [-0.4, -0.2) is 20.9 Å². The van der Waals surface area contributed by atoms with Crippen molar-refractivity contribution in [1.29, 1.82) is 0 Å². The molecule has 0 unspecified atom stereocenters. The number of nitro groups is 1. The zero-order chi connectivity index (χ0) is 14.7. The number of hydrogen-bond donors (Lipinski definition) is 2. The van der Waals surface area contributed by atoms with Crippen LogP contribution in [0.5, 0.6) is 17.4 Å². The predicted octanol–water partition coefficient (Wildman–Crippen LogP) is 1.59. The lowest BCUT2D eigenvalue weighted by molar-refractivity contribution is -0.385. The number of pyridine rings is 1. The minimum atomic E-state index is -0.906. The maximum Gasteiger partial charge on any atom is 0.288 e. The van der Waals surface area contributed by atoms with Crippen molar-refractivity contribution in [3.8, 4) is 17.4 Å². The lowest BCUT2D eigenvalue weighted by Gasteiger charge is -2.07. The smallest absolute Gasteiger partial charge is 0.288 e. The number of amides is 1. The monoisotopic (exact) mass is 275 g/mol. The highest BCUT2D eigenvalue weighted by Crippen LogP contribution is 2.27. The summed E-state index contributed by atoms with van der Waals surface area (Å²) >= 11 is 0. The van der Waals surface area contributed by atoms with Crippen LogP contribution in [0.1, 0.15) is 10.4 Å². The molecule has 2 rings (SSSR count). The molecule has 0 saturated heterocycles. The van der Waals surface area contributed by atoms with Crippen LogP contribution in [0.4, 0.5) is 5.69 Å². The Labute approximate surface area is 112 Å². The van der Waals surface area contributed by atoms with Gasteiger partial charge in [-0.3, -0.25) is 14.9 Å². The molecule has 2 aromatic rings. The molecule has 8 heteroatoms. The number of primary amides is 1. The first-order chi connectivity index (χ1) is 9.47. The van der Waals surface area contributed by atoms with Gasteiger partial charge in [-0.05, 0) is 12.1 Å². The van der Waals surface area contributed by atoms with Crippen molar-refractivity contribution >= 4 is 11.6 Å². The highest BCUT2D eigenvalue weighted by atomic mass is 16.6. The molecule has 0 saturated carbocycles. The van der Waals surface area contributed by atoms with Crippen LogP contribution in [0.2, 0.25) is 0 Å². The number of hydrogen-bond acceptors (Lipinski definition) is 6. The number of carbonyl (C=O) groups excluding carboxylic acids is 1. The van der Waals surface area contributed by atoms with E-state index in [0.717, 1.165) is 12.3 Å². The first-order valence-electron chi connectivity index (χ1n) is 5.38. The maximum atomic E-state index is 11.3. The van der Waals surface area contributed by atoms with E-state index >= 15 is 0 Å². The summed E-state index contributed by atoms with van der Waals surface area (Å²) in [5.41, 5.74) is 4.54. The third kappa shape index (κ3) is 2.80. The van der Waals surface area contributed by atoms with Gasteiger partial charge in [0.1, 0.15) is 23.3 Å². The number of aromatic nitrogens is 1. The van der Waals surface area contributed by atoms with Gasteiger partial charge in [-0.1, -0.05) is 6.07 Å². The molecule has 1 aromatic heterocycles. The Morgan fingerprint density at radius 1 is 1.40 bits per heavy atom. The van der Waals surface area contributed by atoms with Crippen LogP contribution in [0.15, 0.2) is 36.5 Å². The molecule has 0 aliphatic heterocycles. The fraction of sp³-hybridized carbons (Fsp3) is 0. The van der Waals surface area contributed by atoms with Crippen LogP contribution in [0, 0.1) is 10.1 Å². The van der Waals surface area contributed by atoms with E-state index < -0.39 is 10.8 Å². The summed E-state index contributed by atoms with van der Waals surface area (Å²) < 4.78 is 5.29. The molecule has 8 nitrogen and oxygen atoms in total. The molecular weight excluding hydrogens is 266 g/mol.